The molecule has 0 aliphatic rings. The molecular weight excluding hydrogens is 415 g/mol. The van der Waals surface area contributed by atoms with Crippen LogP contribution in [-0.4, -0.2) is 5.91 Å². The molecule has 0 saturated carbocycles. The molecule has 0 aliphatic carbocycles. The van der Waals surface area contributed by atoms with E-state index in [9.17, 15) is 10.1 Å². The number of aryl methyl sites for hydroxylation is 2. The zero-order chi connectivity index (χ0) is 21.7. The fourth-order valence-electron chi connectivity index (χ4n) is 3.26. The van der Waals surface area contributed by atoms with Gasteiger partial charge >= 0.3 is 0 Å². The van der Waals surface area contributed by atoms with Crippen molar-refractivity contribution < 1.29 is 4.79 Å². The molecule has 0 spiro atoms. The molecule has 5 heteroatoms. The molecule has 3 nitrogen and oxygen atoms in total. The Kier molecular flexibility index (Phi) is 6.95. The molecule has 150 valence electrons. The van der Waals surface area contributed by atoms with Crippen molar-refractivity contribution in [3.8, 4) is 6.07 Å². The minimum atomic E-state index is -0.527. The highest BCUT2D eigenvalue weighted by molar-refractivity contribution is 6.34. The van der Waals surface area contributed by atoms with E-state index in [-0.39, 0.29) is 5.57 Å². The summed E-state index contributed by atoms with van der Waals surface area (Å²) < 4.78 is 0. The van der Waals surface area contributed by atoms with Gasteiger partial charge in [-0.3, -0.25) is 4.79 Å². The number of hydrogen-bond donors (Lipinski definition) is 1. The van der Waals surface area contributed by atoms with Crippen LogP contribution in [0.1, 0.15) is 27.8 Å². The van der Waals surface area contributed by atoms with E-state index in [0.29, 0.717) is 27.7 Å². The topological polar surface area (TPSA) is 52.9 Å². The predicted molar refractivity (Wildman–Crippen MR) is 124 cm³/mol. The molecule has 3 rings (SSSR count). The van der Waals surface area contributed by atoms with Crippen LogP contribution in [0.5, 0.6) is 0 Å². The number of para-hydroxylation sites is 1. The second-order valence-corrected chi connectivity index (χ2v) is 7.94. The SMILES string of the molecule is Cc1cc(C)cc(Cc2ccc(/C=C(\C#N)C(=O)Nc3ccccc3Cl)cc2Cl)c1. The number of hydrogen-bond acceptors (Lipinski definition) is 2. The van der Waals surface area contributed by atoms with Gasteiger partial charge in [0.25, 0.3) is 5.91 Å². The third-order valence-corrected chi connectivity index (χ3v) is 5.23. The summed E-state index contributed by atoms with van der Waals surface area (Å²) in [7, 11) is 0. The standard InChI is InChI=1S/C25H20Cl2N2O/c1-16-9-17(2)11-19(10-16)13-20-8-7-18(14-23(20)27)12-21(15-28)25(30)29-24-6-4-3-5-22(24)26/h3-12,14H,13H2,1-2H3,(H,29,30)/b21-12+. The zero-order valence-electron chi connectivity index (χ0n) is 16.7. The van der Waals surface area contributed by atoms with Crippen molar-refractivity contribution in [1.29, 1.82) is 5.26 Å². The largest absolute Gasteiger partial charge is 0.320 e. The Morgan fingerprint density at radius 1 is 1.00 bits per heavy atom. The molecule has 0 aromatic heterocycles. The summed E-state index contributed by atoms with van der Waals surface area (Å²) >= 11 is 12.6. The lowest BCUT2D eigenvalue weighted by atomic mass is 9.99. The third-order valence-electron chi connectivity index (χ3n) is 4.55. The van der Waals surface area contributed by atoms with E-state index < -0.39 is 5.91 Å². The number of amides is 1. The van der Waals surface area contributed by atoms with Gasteiger partial charge in [-0.1, -0.05) is 76.8 Å². The fourth-order valence-corrected chi connectivity index (χ4v) is 3.69. The first-order chi connectivity index (χ1) is 14.4. The normalized spacial score (nSPS) is 11.1. The van der Waals surface area contributed by atoms with E-state index in [1.807, 2.05) is 18.2 Å². The van der Waals surface area contributed by atoms with Crippen LogP contribution in [0.4, 0.5) is 5.69 Å². The van der Waals surface area contributed by atoms with Crippen LogP contribution in [0.3, 0.4) is 0 Å². The quantitative estimate of drug-likeness (QED) is 0.356. The molecule has 0 radical (unpaired) electrons. The number of nitrogens with one attached hydrogen (secondary N) is 1. The van der Waals surface area contributed by atoms with E-state index in [1.165, 1.54) is 22.8 Å². The summed E-state index contributed by atoms with van der Waals surface area (Å²) in [5.74, 6) is -0.527. The van der Waals surface area contributed by atoms with Crippen molar-refractivity contribution in [2.24, 2.45) is 0 Å². The van der Waals surface area contributed by atoms with Crippen LogP contribution >= 0.6 is 23.2 Å². The van der Waals surface area contributed by atoms with E-state index in [4.69, 9.17) is 23.2 Å². The molecule has 0 fully saturated rings. The minimum Gasteiger partial charge on any atom is -0.320 e. The van der Waals surface area contributed by atoms with E-state index in [2.05, 4.69) is 37.4 Å². The van der Waals surface area contributed by atoms with Crippen LogP contribution < -0.4 is 5.32 Å². The summed E-state index contributed by atoms with van der Waals surface area (Å²) in [4.78, 5) is 12.5. The van der Waals surface area contributed by atoms with Gasteiger partial charge in [-0.15, -0.1) is 0 Å². The second kappa shape index (κ2) is 9.63. The third kappa shape index (κ3) is 5.51. The monoisotopic (exact) mass is 434 g/mol. The number of rotatable bonds is 5. The lowest BCUT2D eigenvalue weighted by molar-refractivity contribution is -0.112. The first-order valence-corrected chi connectivity index (χ1v) is 10.1. The maximum Gasteiger partial charge on any atom is 0.266 e. The number of carbonyl (C=O) groups excluding carboxylic acids is 1. The molecule has 3 aromatic carbocycles. The Balaban J connectivity index is 1.80. The molecule has 0 heterocycles. The summed E-state index contributed by atoms with van der Waals surface area (Å²) in [5.41, 5.74) is 5.69. The lowest BCUT2D eigenvalue weighted by Crippen LogP contribution is -2.13. The van der Waals surface area contributed by atoms with E-state index in [0.717, 1.165) is 5.56 Å². The van der Waals surface area contributed by atoms with Gasteiger partial charge in [-0.25, -0.2) is 0 Å². The molecule has 0 atom stereocenters. The van der Waals surface area contributed by atoms with Gasteiger partial charge in [-0.05, 0) is 61.2 Å². The van der Waals surface area contributed by atoms with Gasteiger partial charge in [0.15, 0.2) is 0 Å². The minimum absolute atomic E-state index is 0.0342. The molecule has 1 N–H and O–H groups in total. The van der Waals surface area contributed by atoms with Crippen molar-refractivity contribution in [3.63, 3.8) is 0 Å². The van der Waals surface area contributed by atoms with Crippen LogP contribution in [-0.2, 0) is 11.2 Å². The summed E-state index contributed by atoms with van der Waals surface area (Å²) in [6.45, 7) is 4.15. The average Bonchev–Trinajstić information content (AvgIpc) is 2.69. The molecule has 0 unspecified atom stereocenters. The molecule has 30 heavy (non-hydrogen) atoms. The van der Waals surface area contributed by atoms with Crippen LogP contribution in [0.25, 0.3) is 6.08 Å². The maximum atomic E-state index is 12.5. The molecule has 0 saturated heterocycles. The molecule has 3 aromatic rings. The Bertz CT molecular complexity index is 1160. The van der Waals surface area contributed by atoms with Crippen LogP contribution in [0.15, 0.2) is 66.2 Å². The first-order valence-electron chi connectivity index (χ1n) is 9.39. The van der Waals surface area contributed by atoms with Crippen molar-refractivity contribution in [1.82, 2.24) is 0 Å². The van der Waals surface area contributed by atoms with E-state index in [1.54, 1.807) is 30.3 Å². The predicted octanol–water partition coefficient (Wildman–Crippen LogP) is 6.75. The average molecular weight is 435 g/mol. The molecular formula is C25H20Cl2N2O. The van der Waals surface area contributed by atoms with Gasteiger partial charge in [0.05, 0.1) is 10.7 Å². The van der Waals surface area contributed by atoms with Gasteiger partial charge in [0.2, 0.25) is 0 Å². The first kappa shape index (κ1) is 21.6. The van der Waals surface area contributed by atoms with Crippen LogP contribution in [0, 0.1) is 25.2 Å². The van der Waals surface area contributed by atoms with Crippen molar-refractivity contribution >= 4 is 40.9 Å². The molecule has 0 aliphatic heterocycles. The summed E-state index contributed by atoms with van der Waals surface area (Å²) in [5, 5.41) is 13.1. The zero-order valence-corrected chi connectivity index (χ0v) is 18.2. The lowest BCUT2D eigenvalue weighted by Gasteiger charge is -2.09. The molecule has 1 amide bonds. The van der Waals surface area contributed by atoms with Crippen molar-refractivity contribution in [2.45, 2.75) is 20.3 Å². The van der Waals surface area contributed by atoms with Gasteiger partial charge in [0.1, 0.15) is 11.6 Å². The number of anilines is 1. The van der Waals surface area contributed by atoms with Crippen LogP contribution in [0.2, 0.25) is 10.0 Å². The smallest absolute Gasteiger partial charge is 0.266 e. The van der Waals surface area contributed by atoms with Gasteiger partial charge < -0.3 is 5.32 Å². The fraction of sp³-hybridized carbons (Fsp3) is 0.120. The highest BCUT2D eigenvalue weighted by Crippen LogP contribution is 2.24. The highest BCUT2D eigenvalue weighted by Gasteiger charge is 2.12. The summed E-state index contributed by atoms with van der Waals surface area (Å²) in [6.07, 6.45) is 2.22. The number of nitriles is 1. The van der Waals surface area contributed by atoms with Gasteiger partial charge in [-0.2, -0.15) is 5.26 Å². The number of benzene rings is 3. The van der Waals surface area contributed by atoms with Crippen molar-refractivity contribution in [2.75, 3.05) is 5.32 Å². The highest BCUT2D eigenvalue weighted by atomic mass is 35.5. The number of halogens is 2. The maximum absolute atomic E-state index is 12.5. The Hall–Kier alpha value is -3.06. The Labute approximate surface area is 186 Å². The summed E-state index contributed by atoms with van der Waals surface area (Å²) in [6, 6.07) is 20.8. The number of carbonyl (C=O) groups is 1. The molecule has 0 bridgehead atoms. The number of nitrogens with zero attached hydrogens (tertiary/aromatic N) is 1. The van der Waals surface area contributed by atoms with Crippen molar-refractivity contribution in [3.05, 3.63) is 104 Å². The van der Waals surface area contributed by atoms with Gasteiger partial charge in [0, 0.05) is 5.02 Å². The Morgan fingerprint density at radius 2 is 1.70 bits per heavy atom. The second-order valence-electron chi connectivity index (χ2n) is 7.13. The van der Waals surface area contributed by atoms with E-state index >= 15 is 0 Å². The Morgan fingerprint density at radius 3 is 2.33 bits per heavy atom.